The lowest BCUT2D eigenvalue weighted by molar-refractivity contribution is -0.115. The number of anilines is 3. The van der Waals surface area contributed by atoms with Gasteiger partial charge in [-0.15, -0.1) is 0 Å². The fraction of sp³-hybridized carbons (Fsp3) is 0.125. The number of carbonyl (C=O) groups is 2. The molecular formula is C16H14ClF2N3O2. The lowest BCUT2D eigenvalue weighted by Crippen LogP contribution is -2.22. The Balaban J connectivity index is 1.99. The van der Waals surface area contributed by atoms with Crippen LogP contribution in [0.1, 0.15) is 6.92 Å². The van der Waals surface area contributed by atoms with Crippen molar-refractivity contribution in [3.63, 3.8) is 0 Å². The standard InChI is InChI=1S/C16H14ClF2N3O2/c1-9(23)21-15-7-11(3-5-13(15)19)20-8-16(24)22-14-6-10(17)2-4-12(14)18/h2-7,20H,8H2,1H3,(H,21,23)(H,22,24). The first-order valence-electron chi connectivity index (χ1n) is 6.91. The lowest BCUT2D eigenvalue weighted by atomic mass is 10.2. The van der Waals surface area contributed by atoms with Gasteiger partial charge in [0.2, 0.25) is 11.8 Å². The summed E-state index contributed by atoms with van der Waals surface area (Å²) in [5, 5.41) is 7.75. The first-order chi connectivity index (χ1) is 11.3. The van der Waals surface area contributed by atoms with Gasteiger partial charge in [-0.25, -0.2) is 8.78 Å². The third-order valence-electron chi connectivity index (χ3n) is 2.93. The zero-order valence-corrected chi connectivity index (χ0v) is 13.4. The summed E-state index contributed by atoms with van der Waals surface area (Å²) < 4.78 is 27.1. The highest BCUT2D eigenvalue weighted by Gasteiger charge is 2.09. The molecule has 8 heteroatoms. The Labute approximate surface area is 142 Å². The van der Waals surface area contributed by atoms with Crippen LogP contribution in [0.25, 0.3) is 0 Å². The second-order valence-corrected chi connectivity index (χ2v) is 5.34. The fourth-order valence-electron chi connectivity index (χ4n) is 1.89. The van der Waals surface area contributed by atoms with E-state index in [0.717, 1.165) is 12.1 Å². The Kier molecular flexibility index (Phi) is 5.70. The van der Waals surface area contributed by atoms with E-state index in [2.05, 4.69) is 16.0 Å². The quantitative estimate of drug-likeness (QED) is 0.768. The maximum absolute atomic E-state index is 13.5. The summed E-state index contributed by atoms with van der Waals surface area (Å²) >= 11 is 5.74. The molecule has 0 bridgehead atoms. The number of hydrogen-bond acceptors (Lipinski definition) is 3. The molecule has 0 atom stereocenters. The van der Waals surface area contributed by atoms with Crippen molar-refractivity contribution in [3.05, 3.63) is 53.1 Å². The van der Waals surface area contributed by atoms with Crippen molar-refractivity contribution in [3.8, 4) is 0 Å². The van der Waals surface area contributed by atoms with Gasteiger partial charge < -0.3 is 16.0 Å². The number of halogens is 3. The summed E-state index contributed by atoms with van der Waals surface area (Å²) in [5.74, 6) is -2.13. The highest BCUT2D eigenvalue weighted by atomic mass is 35.5. The minimum absolute atomic E-state index is 0.00575. The van der Waals surface area contributed by atoms with Gasteiger partial charge in [-0.05, 0) is 36.4 Å². The summed E-state index contributed by atoms with van der Waals surface area (Å²) in [7, 11) is 0. The summed E-state index contributed by atoms with van der Waals surface area (Å²) in [6, 6.07) is 7.72. The van der Waals surface area contributed by atoms with Gasteiger partial charge in [0.15, 0.2) is 0 Å². The molecule has 126 valence electrons. The zero-order chi connectivity index (χ0) is 17.7. The Bertz CT molecular complexity index is 784. The molecule has 0 aromatic heterocycles. The number of rotatable bonds is 5. The average molecular weight is 354 g/mol. The molecule has 5 nitrogen and oxygen atoms in total. The van der Waals surface area contributed by atoms with E-state index in [9.17, 15) is 18.4 Å². The average Bonchev–Trinajstić information content (AvgIpc) is 2.51. The van der Waals surface area contributed by atoms with Crippen molar-refractivity contribution in [1.82, 2.24) is 0 Å². The van der Waals surface area contributed by atoms with Gasteiger partial charge in [0.25, 0.3) is 0 Å². The molecule has 2 rings (SSSR count). The molecule has 0 saturated carbocycles. The van der Waals surface area contributed by atoms with E-state index < -0.39 is 23.4 Å². The van der Waals surface area contributed by atoms with Gasteiger partial charge >= 0.3 is 0 Å². The molecule has 0 aliphatic rings. The monoisotopic (exact) mass is 353 g/mol. The van der Waals surface area contributed by atoms with Gasteiger partial charge in [-0.1, -0.05) is 11.6 Å². The van der Waals surface area contributed by atoms with E-state index in [4.69, 9.17) is 11.6 Å². The highest BCUT2D eigenvalue weighted by molar-refractivity contribution is 6.30. The van der Waals surface area contributed by atoms with E-state index in [1.54, 1.807) is 0 Å². The molecule has 0 heterocycles. The fourth-order valence-corrected chi connectivity index (χ4v) is 2.06. The molecule has 0 spiro atoms. The molecule has 0 aliphatic heterocycles. The van der Waals surface area contributed by atoms with Crippen molar-refractivity contribution in [2.24, 2.45) is 0 Å². The van der Waals surface area contributed by atoms with Crippen LogP contribution in [0.4, 0.5) is 25.8 Å². The van der Waals surface area contributed by atoms with Gasteiger partial charge in [-0.3, -0.25) is 9.59 Å². The number of nitrogens with one attached hydrogen (secondary N) is 3. The Morgan fingerprint density at radius 2 is 1.62 bits per heavy atom. The van der Waals surface area contributed by atoms with E-state index in [1.807, 2.05) is 0 Å². The van der Waals surface area contributed by atoms with Crippen LogP contribution < -0.4 is 16.0 Å². The van der Waals surface area contributed by atoms with Crippen LogP contribution in [0.2, 0.25) is 5.02 Å². The van der Waals surface area contributed by atoms with Gasteiger partial charge in [0.1, 0.15) is 11.6 Å². The Morgan fingerprint density at radius 3 is 2.29 bits per heavy atom. The zero-order valence-electron chi connectivity index (χ0n) is 12.6. The van der Waals surface area contributed by atoms with Crippen LogP contribution in [0.15, 0.2) is 36.4 Å². The van der Waals surface area contributed by atoms with Crippen LogP contribution in [0, 0.1) is 11.6 Å². The van der Waals surface area contributed by atoms with E-state index in [-0.39, 0.29) is 22.9 Å². The maximum atomic E-state index is 13.5. The minimum atomic E-state index is -0.609. The molecule has 2 amide bonds. The topological polar surface area (TPSA) is 70.2 Å². The second-order valence-electron chi connectivity index (χ2n) is 4.90. The predicted molar refractivity (Wildman–Crippen MR) is 89.2 cm³/mol. The van der Waals surface area contributed by atoms with E-state index >= 15 is 0 Å². The SMILES string of the molecule is CC(=O)Nc1cc(NCC(=O)Nc2cc(Cl)ccc2F)ccc1F. The van der Waals surface area contributed by atoms with Crippen LogP contribution in [-0.4, -0.2) is 18.4 Å². The summed E-state index contributed by atoms with van der Waals surface area (Å²) in [6.07, 6.45) is 0. The molecule has 24 heavy (non-hydrogen) atoms. The van der Waals surface area contributed by atoms with Crippen molar-refractivity contribution < 1.29 is 18.4 Å². The third kappa shape index (κ3) is 4.92. The smallest absolute Gasteiger partial charge is 0.243 e. The largest absolute Gasteiger partial charge is 0.376 e. The predicted octanol–water partition coefficient (Wildman–Crippen LogP) is 3.63. The van der Waals surface area contributed by atoms with Crippen molar-refractivity contribution >= 4 is 40.5 Å². The molecule has 3 N–H and O–H groups in total. The van der Waals surface area contributed by atoms with Crippen LogP contribution in [0.5, 0.6) is 0 Å². The maximum Gasteiger partial charge on any atom is 0.243 e. The van der Waals surface area contributed by atoms with Gasteiger partial charge in [-0.2, -0.15) is 0 Å². The highest BCUT2D eigenvalue weighted by Crippen LogP contribution is 2.21. The summed E-state index contributed by atoms with van der Waals surface area (Å²) in [5.41, 5.74) is 0.378. The molecule has 0 unspecified atom stereocenters. The van der Waals surface area contributed by atoms with E-state index in [0.29, 0.717) is 5.69 Å². The number of hydrogen-bond donors (Lipinski definition) is 3. The minimum Gasteiger partial charge on any atom is -0.376 e. The third-order valence-corrected chi connectivity index (χ3v) is 3.17. The second kappa shape index (κ2) is 7.74. The van der Waals surface area contributed by atoms with E-state index in [1.165, 1.54) is 31.2 Å². The first-order valence-corrected chi connectivity index (χ1v) is 7.29. The number of benzene rings is 2. The first kappa shape index (κ1) is 17.7. The Hall–Kier alpha value is -2.67. The molecule has 0 saturated heterocycles. The number of carbonyl (C=O) groups excluding carboxylic acids is 2. The molecule has 0 aliphatic carbocycles. The normalized spacial score (nSPS) is 10.2. The van der Waals surface area contributed by atoms with Crippen molar-refractivity contribution in [1.29, 1.82) is 0 Å². The Morgan fingerprint density at radius 1 is 1.00 bits per heavy atom. The van der Waals surface area contributed by atoms with Crippen LogP contribution in [0.3, 0.4) is 0 Å². The lowest BCUT2D eigenvalue weighted by Gasteiger charge is -2.11. The summed E-state index contributed by atoms with van der Waals surface area (Å²) in [4.78, 5) is 22.8. The molecule has 0 radical (unpaired) electrons. The molecule has 2 aromatic rings. The van der Waals surface area contributed by atoms with Crippen molar-refractivity contribution in [2.75, 3.05) is 22.5 Å². The molecule has 0 fully saturated rings. The molecular weight excluding hydrogens is 340 g/mol. The van der Waals surface area contributed by atoms with Crippen molar-refractivity contribution in [2.45, 2.75) is 6.92 Å². The van der Waals surface area contributed by atoms with Gasteiger partial charge in [0, 0.05) is 17.6 Å². The van der Waals surface area contributed by atoms with Gasteiger partial charge in [0.05, 0.1) is 17.9 Å². The van der Waals surface area contributed by atoms with Crippen LogP contribution in [-0.2, 0) is 9.59 Å². The number of amides is 2. The van der Waals surface area contributed by atoms with Crippen LogP contribution >= 0.6 is 11.6 Å². The molecule has 2 aromatic carbocycles. The summed E-state index contributed by atoms with van der Waals surface area (Å²) in [6.45, 7) is 1.07.